The number of aliphatic carboxylic acids is 2. The minimum atomic E-state index is -1.65. The van der Waals surface area contributed by atoms with E-state index < -0.39 is 29.3 Å². The van der Waals surface area contributed by atoms with Gasteiger partial charge in [0.2, 0.25) is 5.76 Å². The quantitative estimate of drug-likeness (QED) is 0.125. The topological polar surface area (TPSA) is 181 Å². The van der Waals surface area contributed by atoms with Gasteiger partial charge in [-0.3, -0.25) is 0 Å². The third-order valence-corrected chi connectivity index (χ3v) is 4.97. The minimum Gasteiger partial charge on any atom is -0.478 e. The normalized spacial score (nSPS) is 21.8. The molecule has 1 aromatic carbocycles. The third-order valence-electron chi connectivity index (χ3n) is 4.97. The first-order valence-electron chi connectivity index (χ1n) is 9.54. The molecule has 6 N–H and O–H groups in total. The number of hydrogen-bond donors (Lipinski definition) is 5. The van der Waals surface area contributed by atoms with Crippen LogP contribution in [0, 0.1) is 5.92 Å². The molecule has 11 heteroatoms. The molecule has 2 rings (SSSR count). The van der Waals surface area contributed by atoms with Gasteiger partial charge < -0.3 is 35.9 Å². The second-order valence-corrected chi connectivity index (χ2v) is 7.11. The van der Waals surface area contributed by atoms with Crippen LogP contribution in [0.3, 0.4) is 0 Å². The van der Waals surface area contributed by atoms with Crippen molar-refractivity contribution in [2.24, 2.45) is 16.8 Å². The first-order valence-corrected chi connectivity index (χ1v) is 9.54. The van der Waals surface area contributed by atoms with Gasteiger partial charge in [-0.2, -0.15) is 0 Å². The number of nitrogens with two attached hydrogens (primary N) is 1. The van der Waals surface area contributed by atoms with Crippen molar-refractivity contribution < 1.29 is 39.3 Å². The van der Waals surface area contributed by atoms with Crippen LogP contribution in [0.25, 0.3) is 0 Å². The van der Waals surface area contributed by atoms with Gasteiger partial charge in [-0.05, 0) is 37.2 Å². The molecule has 0 spiro atoms. The molecule has 0 unspecified atom stereocenters. The number of rotatable bonds is 9. The number of carbonyl (C=O) groups is 3. The second-order valence-electron chi connectivity index (χ2n) is 7.11. The number of aliphatic hydroxyl groups excluding tert-OH is 1. The number of benzene rings is 1. The largest absolute Gasteiger partial charge is 0.478 e. The average Bonchev–Trinajstić information content (AvgIpc) is 2.75. The van der Waals surface area contributed by atoms with Gasteiger partial charge in [0.25, 0.3) is 0 Å². The molecule has 0 radical (unpaired) electrons. The summed E-state index contributed by atoms with van der Waals surface area (Å²) in [6, 6.07) is 9.03. The van der Waals surface area contributed by atoms with Crippen LogP contribution in [-0.4, -0.2) is 51.3 Å². The van der Waals surface area contributed by atoms with Crippen LogP contribution >= 0.6 is 0 Å². The Kier molecular flexibility index (Phi) is 8.38. The summed E-state index contributed by atoms with van der Waals surface area (Å²) in [4.78, 5) is 39.0. The number of aliphatic hydroxyl groups is 1. The van der Waals surface area contributed by atoms with E-state index in [1.54, 1.807) is 24.3 Å². The lowest BCUT2D eigenvalue weighted by atomic mass is 9.76. The van der Waals surface area contributed by atoms with Gasteiger partial charge in [0, 0.05) is 6.61 Å². The van der Waals surface area contributed by atoms with Crippen molar-refractivity contribution in [1.29, 1.82) is 0 Å². The van der Waals surface area contributed by atoms with Crippen LogP contribution in [-0.2, 0) is 25.8 Å². The van der Waals surface area contributed by atoms with E-state index in [0.717, 1.165) is 5.56 Å². The first kappa shape index (κ1) is 23.7. The van der Waals surface area contributed by atoms with Crippen molar-refractivity contribution in [2.45, 2.75) is 37.8 Å². The summed E-state index contributed by atoms with van der Waals surface area (Å²) in [5.41, 5.74) is 5.61. The molecule has 1 fully saturated rings. The summed E-state index contributed by atoms with van der Waals surface area (Å²) in [5, 5.41) is 33.4. The lowest BCUT2D eigenvalue weighted by Crippen LogP contribution is -2.59. The lowest BCUT2D eigenvalue weighted by Gasteiger charge is -2.39. The van der Waals surface area contributed by atoms with E-state index >= 15 is 0 Å². The van der Waals surface area contributed by atoms with E-state index in [2.05, 4.69) is 10.5 Å². The summed E-state index contributed by atoms with van der Waals surface area (Å²) < 4.78 is 5.24. The van der Waals surface area contributed by atoms with E-state index in [-0.39, 0.29) is 25.0 Å². The van der Waals surface area contributed by atoms with Gasteiger partial charge in [0.1, 0.15) is 12.1 Å². The highest BCUT2D eigenvalue weighted by atomic mass is 16.6. The Hall–Kier alpha value is -3.60. The van der Waals surface area contributed by atoms with Crippen LogP contribution in [0.5, 0.6) is 0 Å². The number of alkyl carbamates (subject to hydrolysis) is 1. The van der Waals surface area contributed by atoms with Crippen LogP contribution in [0.2, 0.25) is 0 Å². The summed E-state index contributed by atoms with van der Waals surface area (Å²) in [7, 11) is 0. The van der Waals surface area contributed by atoms with Crippen molar-refractivity contribution in [3.8, 4) is 0 Å². The molecule has 0 atom stereocenters. The van der Waals surface area contributed by atoms with Crippen molar-refractivity contribution in [1.82, 2.24) is 5.32 Å². The van der Waals surface area contributed by atoms with Crippen LogP contribution in [0.4, 0.5) is 4.79 Å². The van der Waals surface area contributed by atoms with Crippen LogP contribution in [0.15, 0.2) is 47.3 Å². The standard InChI is InChI=1S/C20H25N3O8/c21-18(23-31-15(17(27)28)10-16(25)26)20(8-6-13(11-24)7-9-20)22-19(29)30-12-14-4-2-1-3-5-14/h1-5,10,13,24H,6-9,11-12H2,(H2,21,23)(H,22,29)(H,25,26)(H,27,28)/b15-10+. The van der Waals surface area contributed by atoms with Crippen molar-refractivity contribution >= 4 is 23.9 Å². The zero-order valence-electron chi connectivity index (χ0n) is 16.7. The molecule has 1 aliphatic rings. The Morgan fingerprint density at radius 2 is 1.84 bits per heavy atom. The van der Waals surface area contributed by atoms with Crippen molar-refractivity contribution in [3.63, 3.8) is 0 Å². The molecular weight excluding hydrogens is 410 g/mol. The third kappa shape index (κ3) is 7.00. The van der Waals surface area contributed by atoms with E-state index in [1.807, 2.05) is 6.07 Å². The summed E-state index contributed by atoms with van der Waals surface area (Å²) >= 11 is 0. The zero-order valence-corrected chi connectivity index (χ0v) is 16.7. The fourth-order valence-electron chi connectivity index (χ4n) is 3.18. The van der Waals surface area contributed by atoms with E-state index in [9.17, 15) is 19.5 Å². The highest BCUT2D eigenvalue weighted by Crippen LogP contribution is 2.32. The number of hydrogen-bond acceptors (Lipinski definition) is 7. The number of amides is 1. The fraction of sp³-hybridized carbons (Fsp3) is 0.400. The second kappa shape index (κ2) is 11.0. The molecule has 0 bridgehead atoms. The highest BCUT2D eigenvalue weighted by molar-refractivity contribution is 5.94. The lowest BCUT2D eigenvalue weighted by molar-refractivity contribution is -0.138. The van der Waals surface area contributed by atoms with E-state index in [1.165, 1.54) is 0 Å². The summed E-state index contributed by atoms with van der Waals surface area (Å²) in [6.07, 6.45) is 1.19. The SMILES string of the molecule is NC(=NO/C(=C/C(=O)O)C(=O)O)C1(NC(=O)OCc2ccccc2)CCC(CO)CC1. The molecule has 0 aliphatic heterocycles. The number of carboxylic acid groups (broad SMARTS) is 2. The Morgan fingerprint density at radius 1 is 1.19 bits per heavy atom. The highest BCUT2D eigenvalue weighted by Gasteiger charge is 2.41. The number of carboxylic acids is 2. The molecule has 0 aromatic heterocycles. The van der Waals surface area contributed by atoms with Crippen LogP contribution in [0.1, 0.15) is 31.2 Å². The molecule has 1 aliphatic carbocycles. The van der Waals surface area contributed by atoms with Crippen molar-refractivity contribution in [2.75, 3.05) is 6.61 Å². The molecule has 1 saturated carbocycles. The Bertz CT molecular complexity index is 845. The van der Waals surface area contributed by atoms with E-state index in [4.69, 9.17) is 25.5 Å². The Balaban J connectivity index is 2.15. The number of amidine groups is 1. The predicted molar refractivity (Wildman–Crippen MR) is 108 cm³/mol. The molecule has 168 valence electrons. The smallest absolute Gasteiger partial charge is 0.408 e. The molecular formula is C20H25N3O8. The molecule has 0 saturated heterocycles. The van der Waals surface area contributed by atoms with Gasteiger partial charge >= 0.3 is 18.0 Å². The Morgan fingerprint density at radius 3 is 2.39 bits per heavy atom. The summed E-state index contributed by atoms with van der Waals surface area (Å²) in [5.74, 6) is -4.34. The minimum absolute atomic E-state index is 0.0190. The molecule has 11 nitrogen and oxygen atoms in total. The number of nitrogens with one attached hydrogen (secondary N) is 1. The predicted octanol–water partition coefficient (Wildman–Crippen LogP) is 1.18. The Labute approximate surface area is 178 Å². The summed E-state index contributed by atoms with van der Waals surface area (Å²) in [6.45, 7) is 0.00662. The monoisotopic (exact) mass is 435 g/mol. The number of oxime groups is 1. The van der Waals surface area contributed by atoms with Crippen LogP contribution < -0.4 is 11.1 Å². The molecule has 31 heavy (non-hydrogen) atoms. The molecule has 1 aromatic rings. The van der Waals surface area contributed by atoms with E-state index in [0.29, 0.717) is 31.8 Å². The van der Waals surface area contributed by atoms with Crippen molar-refractivity contribution in [3.05, 3.63) is 47.7 Å². The maximum Gasteiger partial charge on any atom is 0.408 e. The fourth-order valence-corrected chi connectivity index (χ4v) is 3.18. The number of nitrogens with zero attached hydrogens (tertiary/aromatic N) is 1. The molecule has 1 amide bonds. The molecule has 0 heterocycles. The number of ether oxygens (including phenoxy) is 1. The van der Waals surface area contributed by atoms with Gasteiger partial charge in [0.15, 0.2) is 5.84 Å². The van der Waals surface area contributed by atoms with Gasteiger partial charge in [0.05, 0.1) is 6.08 Å². The maximum atomic E-state index is 12.4. The van der Waals surface area contributed by atoms with Gasteiger partial charge in [-0.25, -0.2) is 14.4 Å². The van der Waals surface area contributed by atoms with Gasteiger partial charge in [-0.1, -0.05) is 35.5 Å². The van der Waals surface area contributed by atoms with Gasteiger partial charge in [-0.15, -0.1) is 0 Å². The average molecular weight is 435 g/mol. The number of carbonyl (C=O) groups excluding carboxylic acids is 1. The maximum absolute atomic E-state index is 12.4. The zero-order chi connectivity index (χ0) is 22.9. The first-order chi connectivity index (χ1) is 14.8.